The molecule has 5 heteroatoms. The van der Waals surface area contributed by atoms with E-state index < -0.39 is 24.4 Å². The maximum absolute atomic E-state index is 9.90. The molecule has 3 N–H and O–H groups in total. The Labute approximate surface area is 184 Å². The predicted molar refractivity (Wildman–Crippen MR) is 123 cm³/mol. The van der Waals surface area contributed by atoms with Crippen molar-refractivity contribution in [1.82, 2.24) is 0 Å². The van der Waals surface area contributed by atoms with Gasteiger partial charge in [-0.15, -0.1) is 0 Å². The third-order valence-corrected chi connectivity index (χ3v) is 5.95. The van der Waals surface area contributed by atoms with Gasteiger partial charge in [0.1, 0.15) is 24.4 Å². The van der Waals surface area contributed by atoms with Gasteiger partial charge in [-0.3, -0.25) is 0 Å². The van der Waals surface area contributed by atoms with Crippen molar-refractivity contribution in [3.8, 4) is 0 Å². The van der Waals surface area contributed by atoms with Crippen LogP contribution in [0, 0.1) is 0 Å². The van der Waals surface area contributed by atoms with Gasteiger partial charge in [0.05, 0.1) is 13.2 Å². The molecule has 0 unspecified atom stereocenters. The monoisotopic (exact) mass is 428 g/mol. The van der Waals surface area contributed by atoms with E-state index >= 15 is 0 Å². The number of rotatable bonds is 20. The molecule has 0 aromatic rings. The Morgan fingerprint density at radius 2 is 1.40 bits per heavy atom. The zero-order valence-electron chi connectivity index (χ0n) is 19.4. The summed E-state index contributed by atoms with van der Waals surface area (Å²) in [6, 6.07) is 0. The SMILES string of the molecule is CCCCC/C=C/CCCCCCCCCCCCO[C@H]1[C@@H]([C@@H](O)CO)OC[C@H]1O. The number of hydrogen-bond acceptors (Lipinski definition) is 5. The number of aliphatic hydroxyl groups is 3. The van der Waals surface area contributed by atoms with Crippen LogP contribution in [0.25, 0.3) is 0 Å². The van der Waals surface area contributed by atoms with Crippen molar-refractivity contribution in [3.05, 3.63) is 12.2 Å². The lowest BCUT2D eigenvalue weighted by molar-refractivity contribution is -0.0938. The second-order valence-electron chi connectivity index (χ2n) is 8.74. The van der Waals surface area contributed by atoms with Crippen LogP contribution in [-0.2, 0) is 9.47 Å². The Kier molecular flexibility index (Phi) is 17.7. The van der Waals surface area contributed by atoms with Crippen LogP contribution in [-0.4, -0.2) is 59.6 Å². The van der Waals surface area contributed by atoms with Crippen molar-refractivity contribution < 1.29 is 24.8 Å². The largest absolute Gasteiger partial charge is 0.394 e. The van der Waals surface area contributed by atoms with Gasteiger partial charge >= 0.3 is 0 Å². The van der Waals surface area contributed by atoms with Crippen molar-refractivity contribution in [3.63, 3.8) is 0 Å². The van der Waals surface area contributed by atoms with Crippen LogP contribution in [0.15, 0.2) is 12.2 Å². The van der Waals surface area contributed by atoms with Gasteiger partial charge in [-0.05, 0) is 32.1 Å². The first-order valence-corrected chi connectivity index (χ1v) is 12.6. The van der Waals surface area contributed by atoms with Crippen LogP contribution in [0.3, 0.4) is 0 Å². The first kappa shape index (κ1) is 27.6. The minimum Gasteiger partial charge on any atom is -0.394 e. The molecule has 0 amide bonds. The topological polar surface area (TPSA) is 79.2 Å². The molecule has 30 heavy (non-hydrogen) atoms. The first-order valence-electron chi connectivity index (χ1n) is 12.6. The molecule has 1 aliphatic rings. The molecule has 0 saturated carbocycles. The molecular formula is C25H48O5. The maximum Gasteiger partial charge on any atom is 0.114 e. The Bertz CT molecular complexity index is 401. The summed E-state index contributed by atoms with van der Waals surface area (Å²) in [6.45, 7) is 2.59. The fourth-order valence-corrected chi connectivity index (χ4v) is 4.00. The van der Waals surface area contributed by atoms with Crippen LogP contribution in [0.2, 0.25) is 0 Å². The van der Waals surface area contributed by atoms with Crippen LogP contribution in [0.4, 0.5) is 0 Å². The highest BCUT2D eigenvalue weighted by Gasteiger charge is 2.40. The van der Waals surface area contributed by atoms with Gasteiger partial charge in [-0.25, -0.2) is 0 Å². The third kappa shape index (κ3) is 13.1. The van der Waals surface area contributed by atoms with E-state index in [1.54, 1.807) is 0 Å². The summed E-state index contributed by atoms with van der Waals surface area (Å²) < 4.78 is 11.1. The highest BCUT2D eigenvalue weighted by atomic mass is 16.6. The Hall–Kier alpha value is -0.460. The summed E-state index contributed by atoms with van der Waals surface area (Å²) in [5.74, 6) is 0. The minimum absolute atomic E-state index is 0.155. The van der Waals surface area contributed by atoms with Gasteiger partial charge in [0, 0.05) is 6.61 Å². The van der Waals surface area contributed by atoms with E-state index in [9.17, 15) is 10.2 Å². The molecule has 1 heterocycles. The van der Waals surface area contributed by atoms with Crippen LogP contribution < -0.4 is 0 Å². The Morgan fingerprint density at radius 3 is 1.97 bits per heavy atom. The van der Waals surface area contributed by atoms with Crippen molar-refractivity contribution in [2.75, 3.05) is 19.8 Å². The summed E-state index contributed by atoms with van der Waals surface area (Å²) in [7, 11) is 0. The van der Waals surface area contributed by atoms with Gasteiger partial charge in [0.15, 0.2) is 0 Å². The van der Waals surface area contributed by atoms with Crippen LogP contribution >= 0.6 is 0 Å². The highest BCUT2D eigenvalue weighted by molar-refractivity contribution is 4.89. The van der Waals surface area contributed by atoms with Crippen molar-refractivity contribution in [2.24, 2.45) is 0 Å². The Morgan fingerprint density at radius 1 is 0.867 bits per heavy atom. The summed E-state index contributed by atoms with van der Waals surface area (Å²) >= 11 is 0. The molecule has 1 aliphatic heterocycles. The van der Waals surface area contributed by atoms with Crippen LogP contribution in [0.1, 0.15) is 103 Å². The quantitative estimate of drug-likeness (QED) is 0.190. The molecule has 1 saturated heterocycles. The lowest BCUT2D eigenvalue weighted by atomic mass is 10.1. The van der Waals surface area contributed by atoms with E-state index in [1.807, 2.05) is 0 Å². The molecule has 0 spiro atoms. The number of allylic oxidation sites excluding steroid dienone is 2. The highest BCUT2D eigenvalue weighted by Crippen LogP contribution is 2.21. The first-order chi connectivity index (χ1) is 14.7. The van der Waals surface area contributed by atoms with Gasteiger partial charge in [0.2, 0.25) is 0 Å². The summed E-state index contributed by atoms with van der Waals surface area (Å²) in [5.41, 5.74) is 0. The van der Waals surface area contributed by atoms with Crippen molar-refractivity contribution in [2.45, 2.75) is 128 Å². The molecule has 5 nitrogen and oxygen atoms in total. The van der Waals surface area contributed by atoms with Gasteiger partial charge in [-0.2, -0.15) is 0 Å². The second kappa shape index (κ2) is 19.2. The van der Waals surface area contributed by atoms with Crippen molar-refractivity contribution >= 4 is 0 Å². The zero-order valence-corrected chi connectivity index (χ0v) is 19.4. The van der Waals surface area contributed by atoms with Crippen LogP contribution in [0.5, 0.6) is 0 Å². The van der Waals surface area contributed by atoms with Gasteiger partial charge in [-0.1, -0.05) is 83.3 Å². The normalized spacial score (nSPS) is 22.9. The Balaban J connectivity index is 1.83. The standard InChI is InChI=1S/C25H48O5/c1-2-3-4-5-6-7-8-9-10-11-12-13-14-15-16-17-18-19-29-25-23(28)21-30-24(25)22(27)20-26/h6-7,22-28H,2-5,8-21H2,1H3/b7-6+/t22-,23+,24+,25+/m0/s1. The van der Waals surface area contributed by atoms with Gasteiger partial charge in [0.25, 0.3) is 0 Å². The second-order valence-corrected chi connectivity index (χ2v) is 8.74. The summed E-state index contributed by atoms with van der Waals surface area (Å²) in [5, 5.41) is 28.7. The summed E-state index contributed by atoms with van der Waals surface area (Å²) in [4.78, 5) is 0. The van der Waals surface area contributed by atoms with E-state index in [-0.39, 0.29) is 13.2 Å². The van der Waals surface area contributed by atoms with E-state index in [1.165, 1.54) is 83.5 Å². The molecule has 178 valence electrons. The number of ether oxygens (including phenoxy) is 2. The third-order valence-electron chi connectivity index (χ3n) is 5.95. The van der Waals surface area contributed by atoms with Crippen molar-refractivity contribution in [1.29, 1.82) is 0 Å². The molecular weight excluding hydrogens is 380 g/mol. The number of unbranched alkanes of at least 4 members (excludes halogenated alkanes) is 13. The molecule has 0 aliphatic carbocycles. The van der Waals surface area contributed by atoms with E-state index in [0.29, 0.717) is 6.61 Å². The predicted octanol–water partition coefficient (Wildman–Crippen LogP) is 4.91. The fourth-order valence-electron chi connectivity index (χ4n) is 4.00. The molecule has 1 rings (SSSR count). The molecule has 0 aromatic heterocycles. The average Bonchev–Trinajstić information content (AvgIpc) is 3.12. The summed E-state index contributed by atoms with van der Waals surface area (Å²) in [6.07, 6.45) is 21.0. The van der Waals surface area contributed by atoms with E-state index in [4.69, 9.17) is 14.6 Å². The smallest absolute Gasteiger partial charge is 0.114 e. The fraction of sp³-hybridized carbons (Fsp3) is 0.920. The number of aliphatic hydroxyl groups excluding tert-OH is 3. The molecule has 4 atom stereocenters. The lowest BCUT2D eigenvalue weighted by Crippen LogP contribution is -2.42. The molecule has 0 bridgehead atoms. The van der Waals surface area contributed by atoms with E-state index in [0.717, 1.165) is 12.8 Å². The van der Waals surface area contributed by atoms with E-state index in [2.05, 4.69) is 19.1 Å². The zero-order chi connectivity index (χ0) is 21.9. The molecule has 0 aromatic carbocycles. The average molecular weight is 429 g/mol. The number of hydrogen-bond donors (Lipinski definition) is 3. The molecule has 1 fully saturated rings. The molecule has 0 radical (unpaired) electrons. The lowest BCUT2D eigenvalue weighted by Gasteiger charge is -2.23. The van der Waals surface area contributed by atoms with Gasteiger partial charge < -0.3 is 24.8 Å². The maximum atomic E-state index is 9.90. The minimum atomic E-state index is -1.00.